The molecule has 1 aliphatic rings. The Labute approximate surface area is 107 Å². The summed E-state index contributed by atoms with van der Waals surface area (Å²) in [5.74, 6) is 0.612. The van der Waals surface area contributed by atoms with Gasteiger partial charge in [-0.15, -0.1) is 0 Å². The molecule has 6 heteroatoms. The highest BCUT2D eigenvalue weighted by atomic mass is 19.4. The van der Waals surface area contributed by atoms with E-state index in [0.717, 1.165) is 26.2 Å². The monoisotopic (exact) mass is 268 g/mol. The third-order valence-electron chi connectivity index (χ3n) is 3.18. The summed E-state index contributed by atoms with van der Waals surface area (Å²) in [4.78, 5) is 2.16. The van der Waals surface area contributed by atoms with Gasteiger partial charge < -0.3 is 15.0 Å². The Morgan fingerprint density at radius 3 is 2.72 bits per heavy atom. The molecule has 0 amide bonds. The van der Waals surface area contributed by atoms with Crippen LogP contribution in [-0.2, 0) is 4.74 Å². The smallest absolute Gasteiger partial charge is 0.371 e. The molecule has 0 aliphatic carbocycles. The predicted molar refractivity (Wildman–Crippen MR) is 64.6 cm³/mol. The van der Waals surface area contributed by atoms with Gasteiger partial charge in [0.25, 0.3) is 0 Å². The van der Waals surface area contributed by atoms with Crippen LogP contribution in [0.15, 0.2) is 0 Å². The summed E-state index contributed by atoms with van der Waals surface area (Å²) in [6, 6.07) is 0. The number of rotatable bonds is 7. The number of nitrogens with one attached hydrogen (secondary N) is 1. The first-order valence-electron chi connectivity index (χ1n) is 6.59. The Kier molecular flexibility index (Phi) is 6.96. The van der Waals surface area contributed by atoms with Gasteiger partial charge in [0.15, 0.2) is 0 Å². The maximum Gasteiger partial charge on any atom is 0.411 e. The zero-order valence-corrected chi connectivity index (χ0v) is 10.9. The number of halogens is 3. The van der Waals surface area contributed by atoms with Crippen LogP contribution in [0.4, 0.5) is 13.2 Å². The second kappa shape index (κ2) is 7.96. The Bertz CT molecular complexity index is 218. The van der Waals surface area contributed by atoms with Crippen LogP contribution in [0.25, 0.3) is 0 Å². The minimum Gasteiger partial charge on any atom is -0.371 e. The molecule has 0 spiro atoms. The number of piperidine rings is 1. The topological polar surface area (TPSA) is 24.5 Å². The SMILES string of the molecule is CCN(CCOCC(F)(F)F)CC1CCCNC1. The van der Waals surface area contributed by atoms with Crippen molar-refractivity contribution in [2.45, 2.75) is 25.9 Å². The van der Waals surface area contributed by atoms with Gasteiger partial charge >= 0.3 is 6.18 Å². The number of likely N-dealkylation sites (N-methyl/N-ethyl adjacent to an activating group) is 1. The molecule has 1 unspecified atom stereocenters. The van der Waals surface area contributed by atoms with E-state index in [1.807, 2.05) is 6.92 Å². The highest BCUT2D eigenvalue weighted by Crippen LogP contribution is 2.14. The molecule has 1 heterocycles. The van der Waals surface area contributed by atoms with Crippen molar-refractivity contribution in [1.29, 1.82) is 0 Å². The highest BCUT2D eigenvalue weighted by Gasteiger charge is 2.27. The molecular weight excluding hydrogens is 245 g/mol. The Morgan fingerprint density at radius 2 is 2.17 bits per heavy atom. The average molecular weight is 268 g/mol. The summed E-state index contributed by atoms with van der Waals surface area (Å²) in [6.45, 7) is 5.49. The van der Waals surface area contributed by atoms with Crippen LogP contribution in [0.5, 0.6) is 0 Å². The van der Waals surface area contributed by atoms with Gasteiger partial charge in [0, 0.05) is 13.1 Å². The molecule has 3 nitrogen and oxygen atoms in total. The van der Waals surface area contributed by atoms with Gasteiger partial charge in [-0.2, -0.15) is 13.2 Å². The van der Waals surface area contributed by atoms with Gasteiger partial charge in [-0.3, -0.25) is 0 Å². The van der Waals surface area contributed by atoms with E-state index >= 15 is 0 Å². The molecule has 1 rings (SSSR count). The van der Waals surface area contributed by atoms with Crippen LogP contribution < -0.4 is 5.32 Å². The van der Waals surface area contributed by atoms with Crippen LogP contribution in [-0.4, -0.2) is 57.0 Å². The fourth-order valence-electron chi connectivity index (χ4n) is 2.21. The van der Waals surface area contributed by atoms with Gasteiger partial charge in [-0.1, -0.05) is 6.92 Å². The zero-order valence-electron chi connectivity index (χ0n) is 10.9. The molecule has 18 heavy (non-hydrogen) atoms. The highest BCUT2D eigenvalue weighted by molar-refractivity contribution is 4.72. The summed E-state index contributed by atoms with van der Waals surface area (Å²) in [7, 11) is 0. The molecular formula is C12H23F3N2O. The van der Waals surface area contributed by atoms with Crippen molar-refractivity contribution < 1.29 is 17.9 Å². The summed E-state index contributed by atoms with van der Waals surface area (Å²) in [6.07, 6.45) is -1.83. The second-order valence-electron chi connectivity index (χ2n) is 4.77. The van der Waals surface area contributed by atoms with Gasteiger partial charge in [-0.25, -0.2) is 0 Å². The molecule has 0 radical (unpaired) electrons. The van der Waals surface area contributed by atoms with Crippen molar-refractivity contribution in [2.75, 3.05) is 45.9 Å². The zero-order chi connectivity index (χ0) is 13.4. The molecule has 108 valence electrons. The van der Waals surface area contributed by atoms with Crippen LogP contribution in [0.1, 0.15) is 19.8 Å². The lowest BCUT2D eigenvalue weighted by molar-refractivity contribution is -0.174. The fourth-order valence-corrected chi connectivity index (χ4v) is 2.21. The quantitative estimate of drug-likeness (QED) is 0.714. The lowest BCUT2D eigenvalue weighted by Gasteiger charge is -2.29. The van der Waals surface area contributed by atoms with Gasteiger partial charge in [0.05, 0.1) is 6.61 Å². The van der Waals surface area contributed by atoms with Crippen molar-refractivity contribution in [2.24, 2.45) is 5.92 Å². The number of ether oxygens (including phenoxy) is 1. The van der Waals surface area contributed by atoms with Crippen LogP contribution >= 0.6 is 0 Å². The maximum atomic E-state index is 11.9. The van der Waals surface area contributed by atoms with Crippen LogP contribution in [0.3, 0.4) is 0 Å². The number of alkyl halides is 3. The van der Waals surface area contributed by atoms with Crippen molar-refractivity contribution in [3.63, 3.8) is 0 Å². The molecule has 1 atom stereocenters. The van der Waals surface area contributed by atoms with Gasteiger partial charge in [0.2, 0.25) is 0 Å². The molecule has 1 aliphatic heterocycles. The summed E-state index contributed by atoms with van der Waals surface area (Å²) >= 11 is 0. The lowest BCUT2D eigenvalue weighted by atomic mass is 9.99. The van der Waals surface area contributed by atoms with Crippen molar-refractivity contribution in [3.05, 3.63) is 0 Å². The van der Waals surface area contributed by atoms with Gasteiger partial charge in [0.1, 0.15) is 6.61 Å². The van der Waals surface area contributed by atoms with E-state index in [4.69, 9.17) is 0 Å². The third kappa shape index (κ3) is 7.18. The predicted octanol–water partition coefficient (Wildman–Crippen LogP) is 1.89. The minimum absolute atomic E-state index is 0.146. The van der Waals surface area contributed by atoms with Crippen molar-refractivity contribution in [3.8, 4) is 0 Å². The Hall–Kier alpha value is -0.330. The number of nitrogens with zero attached hydrogens (tertiary/aromatic N) is 1. The molecule has 0 bridgehead atoms. The van der Waals surface area contributed by atoms with E-state index in [-0.39, 0.29) is 6.61 Å². The number of hydrogen-bond acceptors (Lipinski definition) is 3. The minimum atomic E-state index is -4.22. The van der Waals surface area contributed by atoms with E-state index in [9.17, 15) is 13.2 Å². The third-order valence-corrected chi connectivity index (χ3v) is 3.18. The largest absolute Gasteiger partial charge is 0.411 e. The van der Waals surface area contributed by atoms with E-state index in [0.29, 0.717) is 12.5 Å². The number of hydrogen-bond donors (Lipinski definition) is 1. The fraction of sp³-hybridized carbons (Fsp3) is 1.00. The average Bonchev–Trinajstić information content (AvgIpc) is 2.33. The maximum absolute atomic E-state index is 11.9. The van der Waals surface area contributed by atoms with Crippen molar-refractivity contribution in [1.82, 2.24) is 10.2 Å². The normalized spacial score (nSPS) is 21.5. The van der Waals surface area contributed by atoms with E-state index < -0.39 is 12.8 Å². The van der Waals surface area contributed by atoms with E-state index in [1.54, 1.807) is 0 Å². The first-order valence-corrected chi connectivity index (χ1v) is 6.59. The standard InChI is InChI=1S/C12H23F3N2O/c1-2-17(6-7-18-10-12(13,14)15)9-11-4-3-5-16-8-11/h11,16H,2-10H2,1H3. The Morgan fingerprint density at radius 1 is 1.39 bits per heavy atom. The van der Waals surface area contributed by atoms with Crippen LogP contribution in [0.2, 0.25) is 0 Å². The summed E-state index contributed by atoms with van der Waals surface area (Å²) < 4.78 is 40.3. The van der Waals surface area contributed by atoms with E-state index in [2.05, 4.69) is 15.0 Å². The molecule has 1 N–H and O–H groups in total. The Balaban J connectivity index is 2.12. The molecule has 1 fully saturated rings. The second-order valence-corrected chi connectivity index (χ2v) is 4.77. The molecule has 1 saturated heterocycles. The van der Waals surface area contributed by atoms with Crippen molar-refractivity contribution >= 4 is 0 Å². The van der Waals surface area contributed by atoms with Crippen LogP contribution in [0, 0.1) is 5.92 Å². The molecule has 0 saturated carbocycles. The first-order chi connectivity index (χ1) is 8.51. The van der Waals surface area contributed by atoms with E-state index in [1.165, 1.54) is 12.8 Å². The molecule has 0 aromatic carbocycles. The van der Waals surface area contributed by atoms with Gasteiger partial charge in [-0.05, 0) is 38.4 Å². The lowest BCUT2D eigenvalue weighted by Crippen LogP contribution is -2.39. The molecule has 0 aromatic rings. The summed E-state index contributed by atoms with van der Waals surface area (Å²) in [5, 5.41) is 3.34. The molecule has 0 aromatic heterocycles. The summed E-state index contributed by atoms with van der Waals surface area (Å²) in [5.41, 5.74) is 0. The first kappa shape index (κ1) is 15.7.